The van der Waals surface area contributed by atoms with Crippen LogP contribution < -0.4 is 14.2 Å². The number of methoxy groups -OCH3 is 3. The monoisotopic (exact) mass is 360 g/mol. The van der Waals surface area contributed by atoms with E-state index >= 15 is 0 Å². The SMILES string of the molecule is COc1cc(CN2CCN(C(=O)c3ccco3)CC2)cc(OC)c1OC. The zero-order valence-corrected chi connectivity index (χ0v) is 15.4. The van der Waals surface area contributed by atoms with E-state index in [4.69, 9.17) is 18.6 Å². The van der Waals surface area contributed by atoms with E-state index in [-0.39, 0.29) is 5.91 Å². The van der Waals surface area contributed by atoms with Crippen molar-refractivity contribution in [3.63, 3.8) is 0 Å². The molecule has 0 unspecified atom stereocenters. The van der Waals surface area contributed by atoms with Crippen molar-refractivity contribution < 1.29 is 23.4 Å². The van der Waals surface area contributed by atoms with E-state index in [1.54, 1.807) is 33.5 Å². The van der Waals surface area contributed by atoms with Gasteiger partial charge in [-0.1, -0.05) is 0 Å². The van der Waals surface area contributed by atoms with Crippen molar-refractivity contribution in [3.8, 4) is 17.2 Å². The van der Waals surface area contributed by atoms with Crippen LogP contribution in [0, 0.1) is 0 Å². The Kier molecular flexibility index (Phi) is 5.68. The van der Waals surface area contributed by atoms with Crippen LogP contribution >= 0.6 is 0 Å². The van der Waals surface area contributed by atoms with Crippen molar-refractivity contribution in [2.75, 3.05) is 47.5 Å². The van der Waals surface area contributed by atoms with Gasteiger partial charge in [0.2, 0.25) is 5.75 Å². The van der Waals surface area contributed by atoms with Crippen LogP contribution in [0.3, 0.4) is 0 Å². The summed E-state index contributed by atoms with van der Waals surface area (Å²) in [5.41, 5.74) is 1.07. The fourth-order valence-corrected chi connectivity index (χ4v) is 3.15. The van der Waals surface area contributed by atoms with E-state index in [2.05, 4.69) is 4.90 Å². The second-order valence-corrected chi connectivity index (χ2v) is 6.08. The number of amides is 1. The van der Waals surface area contributed by atoms with E-state index in [0.717, 1.165) is 25.2 Å². The first kappa shape index (κ1) is 18.1. The molecule has 0 atom stereocenters. The summed E-state index contributed by atoms with van der Waals surface area (Å²) in [7, 11) is 4.81. The molecule has 7 heteroatoms. The van der Waals surface area contributed by atoms with Crippen LogP contribution in [0.2, 0.25) is 0 Å². The minimum atomic E-state index is -0.0533. The third-order valence-electron chi connectivity index (χ3n) is 4.52. The lowest BCUT2D eigenvalue weighted by Crippen LogP contribution is -2.48. The number of hydrogen-bond donors (Lipinski definition) is 0. The first-order chi connectivity index (χ1) is 12.7. The van der Waals surface area contributed by atoms with Crippen LogP contribution in [-0.2, 0) is 6.54 Å². The minimum Gasteiger partial charge on any atom is -0.493 e. The molecule has 0 N–H and O–H groups in total. The molecule has 0 radical (unpaired) electrons. The van der Waals surface area contributed by atoms with Crippen LogP contribution in [0.1, 0.15) is 16.1 Å². The van der Waals surface area contributed by atoms with Gasteiger partial charge in [0, 0.05) is 32.7 Å². The molecule has 0 saturated carbocycles. The Bertz CT molecular complexity index is 711. The van der Waals surface area contributed by atoms with E-state index < -0.39 is 0 Å². The van der Waals surface area contributed by atoms with Crippen molar-refractivity contribution in [1.29, 1.82) is 0 Å². The highest BCUT2D eigenvalue weighted by molar-refractivity contribution is 5.91. The summed E-state index contributed by atoms with van der Waals surface area (Å²) >= 11 is 0. The molecule has 7 nitrogen and oxygen atoms in total. The highest BCUT2D eigenvalue weighted by Gasteiger charge is 2.24. The van der Waals surface area contributed by atoms with Crippen LogP contribution in [-0.4, -0.2) is 63.2 Å². The largest absolute Gasteiger partial charge is 0.493 e. The van der Waals surface area contributed by atoms with Gasteiger partial charge in [0.15, 0.2) is 17.3 Å². The molecule has 1 saturated heterocycles. The molecule has 1 aromatic carbocycles. The average Bonchev–Trinajstić information content (AvgIpc) is 3.22. The maximum atomic E-state index is 12.3. The Balaban J connectivity index is 1.63. The first-order valence-corrected chi connectivity index (χ1v) is 8.50. The molecule has 1 aliphatic rings. The van der Waals surface area contributed by atoms with Crippen LogP contribution in [0.5, 0.6) is 17.2 Å². The number of ether oxygens (including phenoxy) is 3. The zero-order valence-electron chi connectivity index (χ0n) is 15.4. The highest BCUT2D eigenvalue weighted by Crippen LogP contribution is 2.38. The van der Waals surface area contributed by atoms with Crippen LogP contribution in [0.25, 0.3) is 0 Å². The van der Waals surface area contributed by atoms with Gasteiger partial charge in [0.05, 0.1) is 27.6 Å². The standard InChI is InChI=1S/C19H24N2O5/c1-23-16-11-14(12-17(24-2)18(16)25-3)13-20-6-8-21(9-7-20)19(22)15-5-4-10-26-15/h4-5,10-12H,6-9,13H2,1-3H3. The molecule has 0 aliphatic carbocycles. The second kappa shape index (κ2) is 8.14. The Labute approximate surface area is 153 Å². The van der Waals surface area contributed by atoms with E-state index in [0.29, 0.717) is 36.1 Å². The van der Waals surface area contributed by atoms with E-state index in [1.165, 1.54) is 6.26 Å². The topological polar surface area (TPSA) is 64.4 Å². The van der Waals surface area contributed by atoms with Crippen molar-refractivity contribution >= 4 is 5.91 Å². The van der Waals surface area contributed by atoms with Crippen LogP contribution in [0.15, 0.2) is 34.9 Å². The van der Waals surface area contributed by atoms with Crippen molar-refractivity contribution in [2.24, 2.45) is 0 Å². The molecule has 1 amide bonds. The Hall–Kier alpha value is -2.67. The number of hydrogen-bond acceptors (Lipinski definition) is 6. The molecular formula is C19H24N2O5. The Morgan fingerprint density at radius 1 is 1.04 bits per heavy atom. The Morgan fingerprint density at radius 2 is 1.69 bits per heavy atom. The second-order valence-electron chi connectivity index (χ2n) is 6.08. The normalized spacial score (nSPS) is 15.0. The predicted molar refractivity (Wildman–Crippen MR) is 96.0 cm³/mol. The van der Waals surface area contributed by atoms with Gasteiger partial charge in [-0.3, -0.25) is 9.69 Å². The zero-order chi connectivity index (χ0) is 18.5. The summed E-state index contributed by atoms with van der Waals surface area (Å²) in [6.07, 6.45) is 1.52. The minimum absolute atomic E-state index is 0.0533. The van der Waals surface area contributed by atoms with Gasteiger partial charge in [0.25, 0.3) is 5.91 Å². The van der Waals surface area contributed by atoms with Gasteiger partial charge in [-0.15, -0.1) is 0 Å². The Morgan fingerprint density at radius 3 is 2.19 bits per heavy atom. The predicted octanol–water partition coefficient (Wildman–Crippen LogP) is 2.26. The van der Waals surface area contributed by atoms with Gasteiger partial charge < -0.3 is 23.5 Å². The maximum absolute atomic E-state index is 12.3. The maximum Gasteiger partial charge on any atom is 0.289 e. The number of benzene rings is 1. The van der Waals surface area contributed by atoms with Crippen molar-refractivity contribution in [1.82, 2.24) is 9.80 Å². The average molecular weight is 360 g/mol. The fraction of sp³-hybridized carbons (Fsp3) is 0.421. The summed E-state index contributed by atoms with van der Waals surface area (Å²) in [6.45, 7) is 3.68. The third-order valence-corrected chi connectivity index (χ3v) is 4.52. The van der Waals surface area contributed by atoms with Crippen LogP contribution in [0.4, 0.5) is 0 Å². The smallest absolute Gasteiger partial charge is 0.289 e. The third kappa shape index (κ3) is 3.77. The molecule has 3 rings (SSSR count). The molecule has 1 fully saturated rings. The highest BCUT2D eigenvalue weighted by atomic mass is 16.5. The molecule has 2 heterocycles. The molecular weight excluding hydrogens is 336 g/mol. The van der Waals surface area contributed by atoms with Crippen molar-refractivity contribution in [3.05, 3.63) is 41.9 Å². The van der Waals surface area contributed by atoms with Crippen molar-refractivity contribution in [2.45, 2.75) is 6.54 Å². The molecule has 2 aromatic rings. The summed E-state index contributed by atoms with van der Waals surface area (Å²) in [6, 6.07) is 7.35. The fourth-order valence-electron chi connectivity index (χ4n) is 3.15. The van der Waals surface area contributed by atoms with Gasteiger partial charge in [0.1, 0.15) is 0 Å². The number of carbonyl (C=O) groups is 1. The molecule has 1 aliphatic heterocycles. The summed E-state index contributed by atoms with van der Waals surface area (Å²) < 4.78 is 21.4. The number of furan rings is 1. The summed E-state index contributed by atoms with van der Waals surface area (Å²) in [5.74, 6) is 2.22. The lowest BCUT2D eigenvalue weighted by Gasteiger charge is -2.34. The quantitative estimate of drug-likeness (QED) is 0.787. The first-order valence-electron chi connectivity index (χ1n) is 8.50. The molecule has 26 heavy (non-hydrogen) atoms. The number of nitrogens with zero attached hydrogens (tertiary/aromatic N) is 2. The molecule has 140 valence electrons. The molecule has 1 aromatic heterocycles. The van der Waals surface area contributed by atoms with E-state index in [1.807, 2.05) is 17.0 Å². The number of rotatable bonds is 6. The molecule has 0 spiro atoms. The van der Waals surface area contributed by atoms with Gasteiger partial charge in [-0.05, 0) is 29.8 Å². The van der Waals surface area contributed by atoms with E-state index in [9.17, 15) is 4.79 Å². The number of piperazine rings is 1. The number of carbonyl (C=O) groups excluding carboxylic acids is 1. The lowest BCUT2D eigenvalue weighted by atomic mass is 10.1. The summed E-state index contributed by atoms with van der Waals surface area (Å²) in [4.78, 5) is 16.5. The van der Waals surface area contributed by atoms with Gasteiger partial charge >= 0.3 is 0 Å². The summed E-state index contributed by atoms with van der Waals surface area (Å²) in [5, 5.41) is 0. The van der Waals surface area contributed by atoms with Gasteiger partial charge in [-0.2, -0.15) is 0 Å². The lowest BCUT2D eigenvalue weighted by molar-refractivity contribution is 0.0597. The molecule has 0 bridgehead atoms. The van der Waals surface area contributed by atoms with Gasteiger partial charge in [-0.25, -0.2) is 0 Å².